The Morgan fingerprint density at radius 2 is 0.623 bits per heavy atom. The van der Waals surface area contributed by atoms with E-state index < -0.39 is 23.9 Å². The van der Waals surface area contributed by atoms with Gasteiger partial charge in [-0.25, -0.2) is 9.59 Å². The largest absolute Gasteiger partial charge is 2.00 e. The molecule has 6 aromatic rings. The van der Waals surface area contributed by atoms with Crippen molar-refractivity contribution in [2.24, 2.45) is 0 Å². The number of rotatable bonds is 4. The number of benzene rings is 6. The molecule has 0 unspecified atom stereocenters. The molecule has 0 bridgehead atoms. The first-order valence-corrected chi connectivity index (χ1v) is 21.8. The number of carboxylic acids is 4. The monoisotopic (exact) mass is 1040 g/mol. The summed E-state index contributed by atoms with van der Waals surface area (Å²) < 4.78 is 24.5. The van der Waals surface area contributed by atoms with Crippen molar-refractivity contribution in [3.8, 4) is 23.0 Å². The SMILES string of the molecule is O=C(O)c1cccc(C(=O)O)c1.O=C([O-])c1cccc(C(=O)[O-])c1.[Cd+2].c1ccc2c(c1)CNCCNCc1ccccc1OCCOc1ccccc1CNCCNCc1ccccc1OCCO2. The zero-order chi connectivity index (χ0) is 48.4. The van der Waals surface area contributed by atoms with E-state index in [0.29, 0.717) is 26.4 Å². The quantitative estimate of drug-likeness (QED) is 0.136. The molecule has 0 atom stereocenters. The van der Waals surface area contributed by atoms with Gasteiger partial charge in [-0.05, 0) is 59.7 Å². The van der Waals surface area contributed by atoms with Crippen molar-refractivity contribution in [1.82, 2.24) is 21.3 Å². The van der Waals surface area contributed by atoms with Gasteiger partial charge in [-0.1, -0.05) is 97.1 Å². The molecule has 16 nitrogen and oxygen atoms in total. The van der Waals surface area contributed by atoms with Crippen molar-refractivity contribution in [3.05, 3.63) is 190 Å². The number of carbonyl (C=O) groups excluding carboxylic acids is 2. The summed E-state index contributed by atoms with van der Waals surface area (Å²) in [6, 6.07) is 42.6. The Hall–Kier alpha value is -6.84. The van der Waals surface area contributed by atoms with Crippen molar-refractivity contribution in [3.63, 3.8) is 0 Å². The van der Waals surface area contributed by atoms with Crippen LogP contribution in [0, 0.1) is 0 Å². The van der Waals surface area contributed by atoms with Gasteiger partial charge in [0, 0.05) is 74.6 Å². The Balaban J connectivity index is 0.000000337. The number of nitrogens with one attached hydrogen (secondary N) is 4. The fraction of sp³-hybridized carbons (Fsp3) is 0.231. The fourth-order valence-corrected chi connectivity index (χ4v) is 6.57. The van der Waals surface area contributed by atoms with Crippen molar-refractivity contribution < 1.29 is 85.9 Å². The molecule has 1 aliphatic rings. The average Bonchev–Trinajstić information content (AvgIpc) is 3.35. The molecule has 0 saturated carbocycles. The second-order valence-electron chi connectivity index (χ2n) is 14.9. The minimum Gasteiger partial charge on any atom is -0.545 e. The standard InChI is InChI=1S/C36H44N4O4.2C8H6O4.Cd/c1-5-13-33-29(9-1)25-37-17-18-38-26-30-10-3-7-15-35(30)43-23-24-44-36-16-8-4-12-32(36)28-40-20-19-39-27-31-11-2-6-14-34(31)42-22-21-41-33;2*9-7(10)5-2-1-3-6(4-5)8(11)12;/h1-16,37-40H,17-28H2;2*1-4H,(H,9,10)(H,11,12);/q;;;+2/p-2. The number of para-hydroxylation sites is 4. The van der Waals surface area contributed by atoms with E-state index in [4.69, 9.17) is 29.2 Å². The third kappa shape index (κ3) is 19.4. The summed E-state index contributed by atoms with van der Waals surface area (Å²) in [5, 5.41) is 51.6. The summed E-state index contributed by atoms with van der Waals surface area (Å²) in [4.78, 5) is 41.3. The Kier molecular flexibility index (Phi) is 24.2. The summed E-state index contributed by atoms with van der Waals surface area (Å²) in [7, 11) is 0. The second-order valence-corrected chi connectivity index (χ2v) is 14.9. The number of carbonyl (C=O) groups is 4. The third-order valence-corrected chi connectivity index (χ3v) is 10.00. The predicted molar refractivity (Wildman–Crippen MR) is 250 cm³/mol. The topological polar surface area (TPSA) is 240 Å². The summed E-state index contributed by atoms with van der Waals surface area (Å²) in [5.74, 6) is -1.54. The van der Waals surface area contributed by atoms with E-state index >= 15 is 0 Å². The number of fused-ring (bicyclic) bond motifs is 4. The van der Waals surface area contributed by atoms with Gasteiger partial charge in [0.1, 0.15) is 49.4 Å². The van der Waals surface area contributed by atoms with Crippen LogP contribution in [-0.4, -0.2) is 86.7 Å². The molecule has 6 aromatic carbocycles. The molecule has 0 saturated heterocycles. The third-order valence-electron chi connectivity index (χ3n) is 10.00. The first-order chi connectivity index (χ1) is 33.1. The minimum absolute atomic E-state index is 0. The van der Waals surface area contributed by atoms with Crippen LogP contribution in [-0.2, 0) is 53.5 Å². The molecule has 0 aliphatic carbocycles. The van der Waals surface area contributed by atoms with E-state index in [1.165, 1.54) is 36.4 Å². The molecule has 356 valence electrons. The van der Waals surface area contributed by atoms with E-state index in [1.807, 2.05) is 72.8 Å². The van der Waals surface area contributed by atoms with Gasteiger partial charge in [0.15, 0.2) is 0 Å². The van der Waals surface area contributed by atoms with E-state index in [9.17, 15) is 29.4 Å². The number of hydrogen-bond donors (Lipinski definition) is 6. The van der Waals surface area contributed by atoms with E-state index in [-0.39, 0.29) is 49.6 Å². The molecule has 0 radical (unpaired) electrons. The maximum atomic E-state index is 10.4. The molecule has 0 aromatic heterocycles. The predicted octanol–water partition coefficient (Wildman–Crippen LogP) is 4.17. The summed E-state index contributed by atoms with van der Waals surface area (Å²) >= 11 is 0. The van der Waals surface area contributed by atoms with Crippen LogP contribution in [0.2, 0.25) is 0 Å². The molecule has 69 heavy (non-hydrogen) atoms. The van der Waals surface area contributed by atoms with Crippen LogP contribution >= 0.6 is 0 Å². The normalized spacial score (nSPS) is 13.7. The number of hydrogen-bond acceptors (Lipinski definition) is 14. The van der Waals surface area contributed by atoms with Gasteiger partial charge >= 0.3 is 39.2 Å². The van der Waals surface area contributed by atoms with Crippen molar-refractivity contribution in [2.75, 3.05) is 52.6 Å². The fourth-order valence-electron chi connectivity index (χ4n) is 6.57. The summed E-state index contributed by atoms with van der Waals surface area (Å²) in [6.07, 6.45) is 0. The summed E-state index contributed by atoms with van der Waals surface area (Å²) in [5.41, 5.74) is 4.13. The maximum Gasteiger partial charge on any atom is 2.00 e. The molecule has 1 heterocycles. The van der Waals surface area contributed by atoms with Crippen LogP contribution in [0.25, 0.3) is 0 Å². The van der Waals surface area contributed by atoms with E-state index in [0.717, 1.165) is 110 Å². The molecule has 0 amide bonds. The Morgan fingerprint density at radius 3 is 0.884 bits per heavy atom. The molecule has 0 fully saturated rings. The first-order valence-electron chi connectivity index (χ1n) is 21.8. The number of ether oxygens (including phenoxy) is 4. The molecular weight excluding hydrogens is 985 g/mol. The minimum atomic E-state index is -1.40. The zero-order valence-corrected chi connectivity index (χ0v) is 42.1. The van der Waals surface area contributed by atoms with Gasteiger partial charge in [-0.2, -0.15) is 0 Å². The summed E-state index contributed by atoms with van der Waals surface area (Å²) in [6.45, 7) is 8.09. The molecule has 7 rings (SSSR count). The molecule has 6 N–H and O–H groups in total. The Labute approximate surface area is 420 Å². The van der Waals surface area contributed by atoms with Crippen LogP contribution < -0.4 is 50.4 Å². The van der Waals surface area contributed by atoms with Gasteiger partial charge in [-0.3, -0.25) is 0 Å². The van der Waals surface area contributed by atoms with Crippen LogP contribution in [0.15, 0.2) is 146 Å². The zero-order valence-electron chi connectivity index (χ0n) is 38.0. The van der Waals surface area contributed by atoms with Crippen molar-refractivity contribution in [1.29, 1.82) is 0 Å². The van der Waals surface area contributed by atoms with Gasteiger partial charge < -0.3 is 70.2 Å². The van der Waals surface area contributed by atoms with Crippen LogP contribution in [0.5, 0.6) is 23.0 Å². The smallest absolute Gasteiger partial charge is 0.545 e. The number of aromatic carboxylic acids is 4. The first kappa shape index (κ1) is 54.8. The van der Waals surface area contributed by atoms with Crippen LogP contribution in [0.3, 0.4) is 0 Å². The second kappa shape index (κ2) is 30.5. The van der Waals surface area contributed by atoms with Crippen molar-refractivity contribution >= 4 is 23.9 Å². The van der Waals surface area contributed by atoms with Gasteiger partial charge in [0.25, 0.3) is 0 Å². The number of carboxylic acid groups (broad SMARTS) is 4. The maximum absolute atomic E-state index is 10.4. The molecular formula is C52H54CdN4O12. The molecule has 0 spiro atoms. The van der Waals surface area contributed by atoms with Gasteiger partial charge in [0.2, 0.25) is 0 Å². The van der Waals surface area contributed by atoms with Gasteiger partial charge in [0.05, 0.1) is 23.1 Å². The molecule has 1 aliphatic heterocycles. The van der Waals surface area contributed by atoms with Gasteiger partial charge in [-0.15, -0.1) is 0 Å². The van der Waals surface area contributed by atoms with Crippen LogP contribution in [0.4, 0.5) is 0 Å². The molecule has 17 heteroatoms. The van der Waals surface area contributed by atoms with Crippen LogP contribution in [0.1, 0.15) is 63.7 Å². The van der Waals surface area contributed by atoms with E-state index in [2.05, 4.69) is 45.5 Å². The Morgan fingerprint density at radius 1 is 0.377 bits per heavy atom. The average molecular weight is 1040 g/mol. The van der Waals surface area contributed by atoms with E-state index in [1.54, 1.807) is 0 Å². The van der Waals surface area contributed by atoms with Crippen molar-refractivity contribution in [2.45, 2.75) is 26.2 Å². The Bertz CT molecular complexity index is 2220.